The maximum Gasteiger partial charge on any atom is 0.339 e. The number of nitrogens with zero attached hydrogens (tertiary/aromatic N) is 2. The number of carbonyl (C=O) groups is 2. The van der Waals surface area contributed by atoms with E-state index in [1.165, 1.54) is 17.2 Å². The van der Waals surface area contributed by atoms with Gasteiger partial charge >= 0.3 is 5.97 Å². The Balaban J connectivity index is 1.93. The van der Waals surface area contributed by atoms with Gasteiger partial charge in [-0.15, -0.1) is 0 Å². The number of halogens is 2. The molecule has 0 spiro atoms. The van der Waals surface area contributed by atoms with Crippen molar-refractivity contribution in [2.75, 3.05) is 6.54 Å². The highest BCUT2D eigenvalue weighted by Gasteiger charge is 2.38. The Morgan fingerprint density at radius 2 is 1.77 bits per heavy atom. The Morgan fingerprint density at radius 3 is 2.43 bits per heavy atom. The van der Waals surface area contributed by atoms with Crippen molar-refractivity contribution in [1.82, 2.24) is 9.47 Å². The molecule has 0 atom stereocenters. The minimum Gasteiger partial charge on any atom is -0.478 e. The van der Waals surface area contributed by atoms with Crippen molar-refractivity contribution in [1.29, 1.82) is 0 Å². The first-order valence-electron chi connectivity index (χ1n) is 9.41. The van der Waals surface area contributed by atoms with E-state index in [2.05, 4.69) is 0 Å². The van der Waals surface area contributed by atoms with Crippen molar-refractivity contribution in [2.24, 2.45) is 7.05 Å². The molecule has 30 heavy (non-hydrogen) atoms. The average molecular weight is 410 g/mol. The number of hydrogen-bond donors (Lipinski definition) is 1. The highest BCUT2D eigenvalue weighted by molar-refractivity contribution is 6.17. The van der Waals surface area contributed by atoms with Gasteiger partial charge in [0.1, 0.15) is 0 Å². The van der Waals surface area contributed by atoms with Crippen LogP contribution in [0.1, 0.15) is 35.5 Å². The van der Waals surface area contributed by atoms with Gasteiger partial charge in [-0.2, -0.15) is 0 Å². The number of fused-ring (bicyclic) bond motifs is 3. The fourth-order valence-electron chi connectivity index (χ4n) is 4.24. The molecule has 4 rings (SSSR count). The smallest absolute Gasteiger partial charge is 0.339 e. The molecule has 0 fully saturated rings. The number of carboxylic acid groups (broad SMARTS) is 1. The monoisotopic (exact) mass is 410 g/mol. The lowest BCUT2D eigenvalue weighted by Gasteiger charge is -2.29. The number of hydrogen-bond acceptors (Lipinski definition) is 2. The summed E-state index contributed by atoms with van der Waals surface area (Å²) in [6.07, 6.45) is 1.29. The van der Waals surface area contributed by atoms with E-state index in [0.717, 1.165) is 28.6 Å². The number of aryl methyl sites for hydroxylation is 1. The summed E-state index contributed by atoms with van der Waals surface area (Å²) in [6.45, 7) is 4.04. The van der Waals surface area contributed by atoms with E-state index in [0.29, 0.717) is 5.69 Å². The Labute approximate surface area is 171 Å². The first-order chi connectivity index (χ1) is 14.1. The molecule has 5 nitrogen and oxygen atoms in total. The molecule has 7 heteroatoms. The molecule has 0 saturated heterocycles. The lowest BCUT2D eigenvalue weighted by atomic mass is 9.81. The molecule has 0 radical (unpaired) electrons. The predicted octanol–water partition coefficient (Wildman–Crippen LogP) is 4.32. The molecule has 0 saturated carbocycles. The second-order valence-corrected chi connectivity index (χ2v) is 8.09. The quantitative estimate of drug-likeness (QED) is 0.685. The zero-order chi connectivity index (χ0) is 21.8. The first-order valence-corrected chi connectivity index (χ1v) is 9.41. The number of aliphatic carboxylic acids is 1. The van der Waals surface area contributed by atoms with Gasteiger partial charge in [0, 0.05) is 41.7 Å². The molecule has 1 amide bonds. The molecule has 3 aromatic rings. The summed E-state index contributed by atoms with van der Waals surface area (Å²) < 4.78 is 28.8. The average Bonchev–Trinajstić information content (AvgIpc) is 2.92. The van der Waals surface area contributed by atoms with Gasteiger partial charge in [0.15, 0.2) is 11.6 Å². The van der Waals surface area contributed by atoms with Crippen LogP contribution in [0.4, 0.5) is 8.78 Å². The molecule has 1 aliphatic heterocycles. The molecule has 154 valence electrons. The molecule has 2 heterocycles. The van der Waals surface area contributed by atoms with Gasteiger partial charge in [-0.3, -0.25) is 4.79 Å². The maximum absolute atomic E-state index is 13.7. The van der Waals surface area contributed by atoms with Crippen molar-refractivity contribution in [3.8, 4) is 0 Å². The second kappa shape index (κ2) is 6.79. The Bertz CT molecular complexity index is 1240. The summed E-state index contributed by atoms with van der Waals surface area (Å²) in [4.78, 5) is 26.5. The molecule has 1 N–H and O–H groups in total. The Hall–Kier alpha value is -3.48. The van der Waals surface area contributed by atoms with E-state index in [9.17, 15) is 23.5 Å². The third-order valence-electron chi connectivity index (χ3n) is 5.55. The summed E-state index contributed by atoms with van der Waals surface area (Å²) in [5, 5.41) is 10.9. The normalized spacial score (nSPS) is 15.5. The summed E-state index contributed by atoms with van der Waals surface area (Å²) in [5.41, 5.74) is 1.54. The van der Waals surface area contributed by atoms with Gasteiger partial charge in [0.05, 0.1) is 11.3 Å². The van der Waals surface area contributed by atoms with E-state index in [1.807, 2.05) is 42.7 Å². The van der Waals surface area contributed by atoms with Crippen LogP contribution in [0.5, 0.6) is 0 Å². The van der Waals surface area contributed by atoms with E-state index < -0.39 is 28.9 Å². The largest absolute Gasteiger partial charge is 0.478 e. The molecule has 0 unspecified atom stereocenters. The molecule has 0 bridgehead atoms. The number of carboxylic acids is 1. The number of benzene rings is 2. The minimum absolute atomic E-state index is 0.0368. The summed E-state index contributed by atoms with van der Waals surface area (Å²) >= 11 is 0. The van der Waals surface area contributed by atoms with E-state index >= 15 is 0 Å². The zero-order valence-corrected chi connectivity index (χ0v) is 16.7. The molecular formula is C23H20F2N2O3. The zero-order valence-electron chi connectivity index (χ0n) is 16.7. The van der Waals surface area contributed by atoms with Gasteiger partial charge in [-0.25, -0.2) is 13.6 Å². The summed E-state index contributed by atoms with van der Waals surface area (Å²) in [7, 11) is 1.79. The van der Waals surface area contributed by atoms with Crippen LogP contribution in [0.3, 0.4) is 0 Å². The third kappa shape index (κ3) is 2.98. The van der Waals surface area contributed by atoms with Gasteiger partial charge in [-0.1, -0.05) is 32.0 Å². The van der Waals surface area contributed by atoms with Gasteiger partial charge in [0.25, 0.3) is 5.91 Å². The van der Waals surface area contributed by atoms with Crippen LogP contribution in [-0.4, -0.2) is 33.0 Å². The first kappa shape index (κ1) is 19.8. The van der Waals surface area contributed by atoms with E-state index in [-0.39, 0.29) is 17.7 Å². The van der Waals surface area contributed by atoms with Crippen LogP contribution < -0.4 is 0 Å². The van der Waals surface area contributed by atoms with Crippen molar-refractivity contribution in [2.45, 2.75) is 19.3 Å². The highest BCUT2D eigenvalue weighted by Crippen LogP contribution is 2.41. The van der Waals surface area contributed by atoms with Crippen LogP contribution in [-0.2, 0) is 17.3 Å². The van der Waals surface area contributed by atoms with Crippen molar-refractivity contribution >= 4 is 28.4 Å². The van der Waals surface area contributed by atoms with E-state index in [4.69, 9.17) is 0 Å². The number of para-hydroxylation sites is 1. The molecule has 0 aliphatic carbocycles. The second-order valence-electron chi connectivity index (χ2n) is 8.09. The van der Waals surface area contributed by atoms with Crippen LogP contribution in [0.15, 0.2) is 48.7 Å². The summed E-state index contributed by atoms with van der Waals surface area (Å²) in [5.74, 6) is -3.96. The van der Waals surface area contributed by atoms with Crippen molar-refractivity contribution in [3.05, 3.63) is 77.1 Å². The highest BCUT2D eigenvalue weighted by atomic mass is 19.2. The lowest BCUT2D eigenvalue weighted by molar-refractivity contribution is -0.130. The Kier molecular flexibility index (Phi) is 4.49. The lowest BCUT2D eigenvalue weighted by Crippen LogP contribution is -2.37. The van der Waals surface area contributed by atoms with Crippen molar-refractivity contribution in [3.63, 3.8) is 0 Å². The standard InChI is InChI=1S/C23H20F2N2O3/c1-23(2)12-27(21(28)13-8-9-16(24)17(25)10-13)11-15(22(29)30)20-19(23)14-6-4-5-7-18(14)26(20)3/h4-11H,12H2,1-3H3,(H,29,30). The van der Waals surface area contributed by atoms with Gasteiger partial charge < -0.3 is 14.6 Å². The molecule has 1 aromatic heterocycles. The van der Waals surface area contributed by atoms with Crippen molar-refractivity contribution < 1.29 is 23.5 Å². The molecular weight excluding hydrogens is 390 g/mol. The SMILES string of the molecule is Cn1c2c(c3ccccc31)C(C)(C)CN(C(=O)c1ccc(F)c(F)c1)C=C2C(=O)O. The van der Waals surface area contributed by atoms with Gasteiger partial charge in [-0.05, 0) is 29.8 Å². The third-order valence-corrected chi connectivity index (χ3v) is 5.55. The number of aromatic nitrogens is 1. The number of rotatable bonds is 2. The topological polar surface area (TPSA) is 62.5 Å². The number of amides is 1. The van der Waals surface area contributed by atoms with Crippen LogP contribution in [0.2, 0.25) is 0 Å². The maximum atomic E-state index is 13.7. The summed E-state index contributed by atoms with van der Waals surface area (Å²) in [6, 6.07) is 10.5. The van der Waals surface area contributed by atoms with Crippen LogP contribution >= 0.6 is 0 Å². The number of carbonyl (C=O) groups excluding carboxylic acids is 1. The van der Waals surface area contributed by atoms with E-state index in [1.54, 1.807) is 7.05 Å². The van der Waals surface area contributed by atoms with Crippen LogP contribution in [0.25, 0.3) is 16.5 Å². The molecule has 1 aliphatic rings. The Morgan fingerprint density at radius 1 is 1.07 bits per heavy atom. The minimum atomic E-state index is -1.18. The predicted molar refractivity (Wildman–Crippen MR) is 109 cm³/mol. The molecule has 2 aromatic carbocycles. The van der Waals surface area contributed by atoms with Crippen LogP contribution in [0, 0.1) is 11.6 Å². The fraction of sp³-hybridized carbons (Fsp3) is 0.217. The van der Waals surface area contributed by atoms with Gasteiger partial charge in [0.2, 0.25) is 0 Å². The fourth-order valence-corrected chi connectivity index (χ4v) is 4.24.